The number of halogens is 1. The lowest BCUT2D eigenvalue weighted by Gasteiger charge is -2.34. The van der Waals surface area contributed by atoms with Gasteiger partial charge in [0.15, 0.2) is 6.61 Å². The number of carboxylic acid groups (broad SMARTS) is 1. The number of aryl methyl sites for hydroxylation is 1. The number of nitrogens with one attached hydrogen (secondary N) is 1. The molecule has 1 fully saturated rings. The summed E-state index contributed by atoms with van der Waals surface area (Å²) in [5.41, 5.74) is 1.13. The van der Waals surface area contributed by atoms with Crippen LogP contribution in [0.1, 0.15) is 5.56 Å². The van der Waals surface area contributed by atoms with Gasteiger partial charge in [-0.3, -0.25) is 19.3 Å². The van der Waals surface area contributed by atoms with Gasteiger partial charge in [0.05, 0.1) is 6.54 Å². The molecule has 0 aromatic heterocycles. The molecule has 0 aliphatic carbocycles. The van der Waals surface area contributed by atoms with E-state index in [9.17, 15) is 14.4 Å². The smallest absolute Gasteiger partial charge is 0.322 e. The van der Waals surface area contributed by atoms with Crippen LogP contribution in [-0.2, 0) is 14.4 Å². The summed E-state index contributed by atoms with van der Waals surface area (Å²) in [4.78, 5) is 37.8. The van der Waals surface area contributed by atoms with Gasteiger partial charge >= 0.3 is 5.97 Å². The highest BCUT2D eigenvalue weighted by molar-refractivity contribution is 5.85. The minimum atomic E-state index is -1.07. The summed E-state index contributed by atoms with van der Waals surface area (Å²) in [6.45, 7) is 3.89. The Hall–Kier alpha value is -2.32. The first-order chi connectivity index (χ1) is 11.9. The van der Waals surface area contributed by atoms with Crippen LogP contribution in [0.25, 0.3) is 0 Å². The second kappa shape index (κ2) is 10.6. The Bertz CT molecular complexity index is 615. The van der Waals surface area contributed by atoms with E-state index >= 15 is 0 Å². The molecule has 144 valence electrons. The number of carboxylic acids is 1. The molecule has 2 amide bonds. The lowest BCUT2D eigenvalue weighted by atomic mass is 10.2. The van der Waals surface area contributed by atoms with Crippen LogP contribution in [0, 0.1) is 6.92 Å². The van der Waals surface area contributed by atoms with Gasteiger partial charge in [-0.2, -0.15) is 0 Å². The van der Waals surface area contributed by atoms with Crippen LogP contribution in [0.3, 0.4) is 0 Å². The van der Waals surface area contributed by atoms with E-state index in [2.05, 4.69) is 5.32 Å². The number of hydrogen-bond donors (Lipinski definition) is 2. The molecule has 0 spiro atoms. The number of rotatable bonds is 7. The molecule has 0 bridgehead atoms. The van der Waals surface area contributed by atoms with E-state index in [-0.39, 0.29) is 43.9 Å². The Balaban J connectivity index is 0.00000338. The van der Waals surface area contributed by atoms with Crippen molar-refractivity contribution in [2.45, 2.75) is 6.92 Å². The van der Waals surface area contributed by atoms with E-state index in [0.717, 1.165) is 5.56 Å². The predicted octanol–water partition coefficient (Wildman–Crippen LogP) is 0.141. The molecule has 0 saturated carbocycles. The maximum Gasteiger partial charge on any atom is 0.322 e. The summed E-state index contributed by atoms with van der Waals surface area (Å²) < 4.78 is 5.50. The van der Waals surface area contributed by atoms with Crippen molar-refractivity contribution in [3.8, 4) is 5.75 Å². The van der Waals surface area contributed by atoms with Crippen molar-refractivity contribution in [1.82, 2.24) is 15.1 Å². The fraction of sp³-hybridized carbons (Fsp3) is 0.471. The molecule has 0 radical (unpaired) electrons. The molecular weight excluding hydrogens is 362 g/mol. The van der Waals surface area contributed by atoms with Crippen LogP contribution < -0.4 is 10.1 Å². The Morgan fingerprint density at radius 3 is 2.31 bits per heavy atom. The van der Waals surface area contributed by atoms with Crippen molar-refractivity contribution >= 4 is 30.2 Å². The third-order valence-corrected chi connectivity index (χ3v) is 3.91. The molecule has 1 heterocycles. The number of ether oxygens (including phenoxy) is 1. The summed E-state index contributed by atoms with van der Waals surface area (Å²) in [5.74, 6) is -0.828. The highest BCUT2D eigenvalue weighted by atomic mass is 35.5. The number of carbonyl (C=O) groups excluding carboxylic acids is 2. The predicted molar refractivity (Wildman–Crippen MR) is 97.6 cm³/mol. The second-order valence-corrected chi connectivity index (χ2v) is 5.93. The molecule has 1 aliphatic rings. The first kappa shape index (κ1) is 21.7. The van der Waals surface area contributed by atoms with Gasteiger partial charge in [0.1, 0.15) is 12.3 Å². The molecule has 0 unspecified atom stereocenters. The van der Waals surface area contributed by atoms with E-state index in [0.29, 0.717) is 31.9 Å². The fourth-order valence-corrected chi connectivity index (χ4v) is 2.46. The van der Waals surface area contributed by atoms with Gasteiger partial charge in [-0.1, -0.05) is 17.7 Å². The van der Waals surface area contributed by atoms with Gasteiger partial charge in [-0.05, 0) is 19.1 Å². The van der Waals surface area contributed by atoms with Crippen LogP contribution in [0.15, 0.2) is 24.3 Å². The normalized spacial score (nSPS) is 14.3. The maximum atomic E-state index is 12.2. The van der Waals surface area contributed by atoms with Crippen LogP contribution in [-0.4, -0.2) is 78.6 Å². The third-order valence-electron chi connectivity index (χ3n) is 3.91. The van der Waals surface area contributed by atoms with Crippen molar-refractivity contribution in [2.75, 3.05) is 45.9 Å². The molecular formula is C17H24ClN3O5. The van der Waals surface area contributed by atoms with Gasteiger partial charge in [0.25, 0.3) is 5.91 Å². The summed E-state index contributed by atoms with van der Waals surface area (Å²) in [7, 11) is 0. The lowest BCUT2D eigenvalue weighted by Crippen LogP contribution is -2.52. The minimum Gasteiger partial charge on any atom is -0.484 e. The fourth-order valence-electron chi connectivity index (χ4n) is 2.46. The Kier molecular flexibility index (Phi) is 8.87. The molecule has 1 aliphatic heterocycles. The molecule has 26 heavy (non-hydrogen) atoms. The molecule has 2 N–H and O–H groups in total. The number of piperazine rings is 1. The molecule has 1 aromatic rings. The zero-order valence-corrected chi connectivity index (χ0v) is 15.5. The summed E-state index contributed by atoms with van der Waals surface area (Å²) in [5, 5.41) is 10.9. The highest BCUT2D eigenvalue weighted by Crippen LogP contribution is 2.11. The van der Waals surface area contributed by atoms with Gasteiger partial charge in [0.2, 0.25) is 5.91 Å². The largest absolute Gasteiger partial charge is 0.484 e. The highest BCUT2D eigenvalue weighted by Gasteiger charge is 2.22. The maximum absolute atomic E-state index is 12.2. The second-order valence-electron chi connectivity index (χ2n) is 5.93. The molecule has 1 aromatic carbocycles. The van der Waals surface area contributed by atoms with E-state index < -0.39 is 5.97 Å². The lowest BCUT2D eigenvalue weighted by molar-refractivity contribution is -0.138. The van der Waals surface area contributed by atoms with Crippen LogP contribution >= 0.6 is 12.4 Å². The Labute approximate surface area is 158 Å². The molecule has 8 nitrogen and oxygen atoms in total. The zero-order chi connectivity index (χ0) is 18.2. The monoisotopic (exact) mass is 385 g/mol. The topological polar surface area (TPSA) is 99.2 Å². The summed E-state index contributed by atoms with van der Waals surface area (Å²) in [6.07, 6.45) is 0. The first-order valence-corrected chi connectivity index (χ1v) is 8.12. The Morgan fingerprint density at radius 2 is 1.73 bits per heavy atom. The van der Waals surface area contributed by atoms with E-state index in [1.54, 1.807) is 4.90 Å². The first-order valence-electron chi connectivity index (χ1n) is 8.12. The van der Waals surface area contributed by atoms with Crippen molar-refractivity contribution in [3.63, 3.8) is 0 Å². The van der Waals surface area contributed by atoms with Gasteiger partial charge in [-0.25, -0.2) is 0 Å². The molecule has 0 atom stereocenters. The van der Waals surface area contributed by atoms with Gasteiger partial charge in [-0.15, -0.1) is 12.4 Å². The van der Waals surface area contributed by atoms with Crippen molar-refractivity contribution in [2.24, 2.45) is 0 Å². The van der Waals surface area contributed by atoms with Crippen LogP contribution in [0.5, 0.6) is 5.75 Å². The van der Waals surface area contributed by atoms with Gasteiger partial charge in [0, 0.05) is 26.2 Å². The SMILES string of the molecule is Cc1ccc(OCC(=O)N2CCN(CC(=O)NCC(=O)O)CC2)cc1.Cl. The van der Waals surface area contributed by atoms with E-state index in [1.165, 1.54) is 0 Å². The van der Waals surface area contributed by atoms with E-state index in [1.807, 2.05) is 36.1 Å². The zero-order valence-electron chi connectivity index (χ0n) is 14.6. The summed E-state index contributed by atoms with van der Waals surface area (Å²) in [6, 6.07) is 7.51. The quantitative estimate of drug-likeness (QED) is 0.692. The number of aliphatic carboxylic acids is 1. The number of nitrogens with zero attached hydrogens (tertiary/aromatic N) is 2. The standard InChI is InChI=1S/C17H23N3O5.ClH/c1-13-2-4-14(5-3-13)25-12-16(22)20-8-6-19(7-9-20)11-15(21)18-10-17(23)24;/h2-5H,6-12H2,1H3,(H,18,21)(H,23,24);1H. The van der Waals surface area contributed by atoms with Crippen LogP contribution in [0.4, 0.5) is 0 Å². The third kappa shape index (κ3) is 7.28. The number of amides is 2. The van der Waals surface area contributed by atoms with E-state index in [4.69, 9.17) is 9.84 Å². The average molecular weight is 386 g/mol. The summed E-state index contributed by atoms with van der Waals surface area (Å²) >= 11 is 0. The van der Waals surface area contributed by atoms with Crippen molar-refractivity contribution in [3.05, 3.63) is 29.8 Å². The minimum absolute atomic E-state index is 0. The molecule has 1 saturated heterocycles. The molecule has 9 heteroatoms. The Morgan fingerprint density at radius 1 is 1.12 bits per heavy atom. The molecule has 2 rings (SSSR count). The van der Waals surface area contributed by atoms with Crippen molar-refractivity contribution < 1.29 is 24.2 Å². The van der Waals surface area contributed by atoms with Crippen molar-refractivity contribution in [1.29, 1.82) is 0 Å². The number of carbonyl (C=O) groups is 3. The van der Waals surface area contributed by atoms with Crippen LogP contribution in [0.2, 0.25) is 0 Å². The average Bonchev–Trinajstić information content (AvgIpc) is 2.60. The number of benzene rings is 1. The van der Waals surface area contributed by atoms with Gasteiger partial charge < -0.3 is 20.1 Å². The number of hydrogen-bond acceptors (Lipinski definition) is 5.